The van der Waals surface area contributed by atoms with Crippen molar-refractivity contribution >= 4 is 33.2 Å². The number of benzene rings is 3. The van der Waals surface area contributed by atoms with E-state index in [1.54, 1.807) is 30.3 Å². The van der Waals surface area contributed by atoms with Gasteiger partial charge in [0, 0.05) is 53.4 Å². The summed E-state index contributed by atoms with van der Waals surface area (Å²) >= 11 is 6.02. The predicted octanol–water partition coefficient (Wildman–Crippen LogP) is 4.80. The van der Waals surface area contributed by atoms with Crippen molar-refractivity contribution in [1.82, 2.24) is 9.62 Å². The van der Waals surface area contributed by atoms with Gasteiger partial charge in [-0.3, -0.25) is 4.79 Å². The molecule has 226 valence electrons. The molecule has 0 bridgehead atoms. The number of carbonyl (C=O) groups is 1. The fraction of sp³-hybridized carbons (Fsp3) is 0.367. The Labute approximate surface area is 249 Å². The molecule has 1 amide bonds. The number of carbonyl (C=O) groups excluding carboxylic acids is 1. The number of rotatable bonds is 10. The Kier molecular flexibility index (Phi) is 10.3. The van der Waals surface area contributed by atoms with Gasteiger partial charge in [0.2, 0.25) is 15.9 Å². The summed E-state index contributed by atoms with van der Waals surface area (Å²) in [7, 11) is -3.43. The van der Waals surface area contributed by atoms with Crippen molar-refractivity contribution in [3.63, 3.8) is 0 Å². The molecule has 1 heterocycles. The maximum Gasteiger partial charge on any atom is 0.242 e. The second-order valence-corrected chi connectivity index (χ2v) is 13.0. The van der Waals surface area contributed by atoms with E-state index in [0.717, 1.165) is 18.2 Å². The minimum Gasteiger partial charge on any atom is -0.324 e. The molecule has 3 aromatic rings. The average molecular weight is 623 g/mol. The van der Waals surface area contributed by atoms with Crippen LogP contribution in [-0.2, 0) is 21.2 Å². The van der Waals surface area contributed by atoms with Gasteiger partial charge in [0.15, 0.2) is 0 Å². The Morgan fingerprint density at radius 1 is 1.07 bits per heavy atom. The summed E-state index contributed by atoms with van der Waals surface area (Å²) in [6.45, 7) is 2.87. The predicted molar refractivity (Wildman–Crippen MR) is 158 cm³/mol. The second kappa shape index (κ2) is 13.6. The highest BCUT2D eigenvalue weighted by atomic mass is 35.5. The number of nitrogens with one attached hydrogen (secondary N) is 2. The zero-order valence-electron chi connectivity index (χ0n) is 23.3. The van der Waals surface area contributed by atoms with Gasteiger partial charge in [0.1, 0.15) is 17.5 Å². The molecule has 42 heavy (non-hydrogen) atoms. The number of amides is 1. The standard InChI is InChI=1S/C30H34ClF3N4O3S/c1-18-16-36-17-24(38(18)42(2,40)41)5-3-6-25-26(34)7-4-8-27(25)37-30(39)29(35)28(19-9-11-21(31)12-10-19)20-13-22(32)15-23(33)14-20/h4,7-15,18,24,28-29,36H,3,5-6,16-17,35H2,1-2H3,(H,37,39)/t18-,24-,28-,29-/m0/s1. The van der Waals surface area contributed by atoms with Crippen molar-refractivity contribution in [2.45, 2.75) is 50.2 Å². The van der Waals surface area contributed by atoms with Gasteiger partial charge in [-0.15, -0.1) is 0 Å². The summed E-state index contributed by atoms with van der Waals surface area (Å²) in [4.78, 5) is 13.5. The lowest BCUT2D eigenvalue weighted by atomic mass is 9.84. The molecule has 0 saturated carbocycles. The van der Waals surface area contributed by atoms with E-state index in [-0.39, 0.29) is 35.3 Å². The van der Waals surface area contributed by atoms with Crippen LogP contribution in [0, 0.1) is 17.5 Å². The van der Waals surface area contributed by atoms with Crippen molar-refractivity contribution < 1.29 is 26.4 Å². The van der Waals surface area contributed by atoms with E-state index < -0.39 is 45.3 Å². The lowest BCUT2D eigenvalue weighted by Crippen LogP contribution is -2.57. The quantitative estimate of drug-likeness (QED) is 0.301. The van der Waals surface area contributed by atoms with E-state index in [1.165, 1.54) is 22.7 Å². The van der Waals surface area contributed by atoms with Crippen LogP contribution in [-0.4, -0.2) is 56.1 Å². The third-order valence-corrected chi connectivity index (χ3v) is 9.15. The van der Waals surface area contributed by atoms with Crippen LogP contribution in [0.25, 0.3) is 0 Å². The molecule has 0 spiro atoms. The van der Waals surface area contributed by atoms with Gasteiger partial charge in [-0.1, -0.05) is 29.8 Å². The molecule has 12 heteroatoms. The van der Waals surface area contributed by atoms with Crippen LogP contribution < -0.4 is 16.4 Å². The Hall–Kier alpha value is -2.96. The highest BCUT2D eigenvalue weighted by Gasteiger charge is 2.34. The summed E-state index contributed by atoms with van der Waals surface area (Å²) < 4.78 is 69.6. The van der Waals surface area contributed by atoms with E-state index >= 15 is 4.39 Å². The first-order valence-electron chi connectivity index (χ1n) is 13.6. The number of piperazine rings is 1. The summed E-state index contributed by atoms with van der Waals surface area (Å²) in [6, 6.07) is 11.9. The highest BCUT2D eigenvalue weighted by molar-refractivity contribution is 7.88. The molecule has 0 aromatic heterocycles. The van der Waals surface area contributed by atoms with E-state index in [2.05, 4.69) is 10.6 Å². The number of nitrogens with zero attached hydrogens (tertiary/aromatic N) is 1. The molecule has 1 aliphatic heterocycles. The van der Waals surface area contributed by atoms with Crippen molar-refractivity contribution in [2.24, 2.45) is 5.73 Å². The molecule has 1 saturated heterocycles. The van der Waals surface area contributed by atoms with Crippen LogP contribution in [0.3, 0.4) is 0 Å². The van der Waals surface area contributed by atoms with Crippen molar-refractivity contribution in [3.8, 4) is 0 Å². The largest absolute Gasteiger partial charge is 0.324 e. The number of hydrogen-bond donors (Lipinski definition) is 3. The number of hydrogen-bond acceptors (Lipinski definition) is 5. The third-order valence-electron chi connectivity index (χ3n) is 7.47. The third kappa shape index (κ3) is 7.70. The minimum absolute atomic E-state index is 0.155. The van der Waals surface area contributed by atoms with Crippen LogP contribution in [0.15, 0.2) is 60.7 Å². The van der Waals surface area contributed by atoms with Crippen LogP contribution >= 0.6 is 11.6 Å². The topological polar surface area (TPSA) is 105 Å². The molecule has 1 fully saturated rings. The molecule has 4 N–H and O–H groups in total. The molecule has 0 unspecified atom stereocenters. The van der Waals surface area contributed by atoms with Crippen LogP contribution in [0.5, 0.6) is 0 Å². The molecule has 0 aliphatic carbocycles. The Morgan fingerprint density at radius 3 is 2.38 bits per heavy atom. The number of halogens is 4. The monoisotopic (exact) mass is 622 g/mol. The molecule has 4 atom stereocenters. The van der Waals surface area contributed by atoms with Crippen LogP contribution in [0.1, 0.15) is 42.4 Å². The maximum absolute atomic E-state index is 15.0. The molecule has 7 nitrogen and oxygen atoms in total. The Bertz CT molecular complexity index is 1500. The van der Waals surface area contributed by atoms with Crippen molar-refractivity contribution in [3.05, 3.63) is 99.8 Å². The molecule has 1 aliphatic rings. The van der Waals surface area contributed by atoms with Gasteiger partial charge in [-0.2, -0.15) is 4.31 Å². The van der Waals surface area contributed by atoms with Crippen molar-refractivity contribution in [1.29, 1.82) is 0 Å². The van der Waals surface area contributed by atoms with Crippen LogP contribution in [0.2, 0.25) is 5.02 Å². The molecule has 0 radical (unpaired) electrons. The fourth-order valence-electron chi connectivity index (χ4n) is 5.67. The molecular formula is C30H34ClF3N4O3S. The maximum atomic E-state index is 15.0. The molecule has 4 rings (SSSR count). The van der Waals surface area contributed by atoms with E-state index in [1.807, 2.05) is 6.92 Å². The summed E-state index contributed by atoms with van der Waals surface area (Å²) in [5.74, 6) is -3.79. The first kappa shape index (κ1) is 32.0. The van der Waals surface area contributed by atoms with Gasteiger partial charge in [-0.25, -0.2) is 21.6 Å². The van der Waals surface area contributed by atoms with Crippen molar-refractivity contribution in [2.75, 3.05) is 24.7 Å². The lowest BCUT2D eigenvalue weighted by Gasteiger charge is -2.39. The van der Waals surface area contributed by atoms with Gasteiger partial charge in [-0.05, 0) is 73.7 Å². The van der Waals surface area contributed by atoms with E-state index in [0.29, 0.717) is 36.5 Å². The molecule has 3 aromatic carbocycles. The number of sulfonamides is 1. The number of nitrogens with two attached hydrogens (primary N) is 1. The zero-order valence-corrected chi connectivity index (χ0v) is 24.9. The SMILES string of the molecule is C[C@H]1CNC[C@H](CCCc2c(F)cccc2NC(=O)[C@@H](N)[C@@H](c2ccc(Cl)cc2)c2cc(F)cc(F)c2)N1S(C)(=O)=O. The first-order valence-corrected chi connectivity index (χ1v) is 15.8. The van der Waals surface area contributed by atoms with E-state index in [4.69, 9.17) is 17.3 Å². The zero-order chi connectivity index (χ0) is 30.6. The minimum atomic E-state index is -3.43. The average Bonchev–Trinajstić information content (AvgIpc) is 2.90. The number of anilines is 1. The Morgan fingerprint density at radius 2 is 1.74 bits per heavy atom. The van der Waals surface area contributed by atoms with Gasteiger partial charge < -0.3 is 16.4 Å². The van der Waals surface area contributed by atoms with Gasteiger partial charge in [0.05, 0.1) is 12.3 Å². The summed E-state index contributed by atoms with van der Waals surface area (Å²) in [5.41, 5.74) is 7.54. The Balaban J connectivity index is 1.54. The molecular weight excluding hydrogens is 589 g/mol. The van der Waals surface area contributed by atoms with Gasteiger partial charge in [0.25, 0.3) is 0 Å². The first-order chi connectivity index (χ1) is 19.8. The van der Waals surface area contributed by atoms with Gasteiger partial charge >= 0.3 is 0 Å². The smallest absolute Gasteiger partial charge is 0.242 e. The summed E-state index contributed by atoms with van der Waals surface area (Å²) in [5, 5.41) is 6.38. The second-order valence-electron chi connectivity index (χ2n) is 10.7. The van der Waals surface area contributed by atoms with Crippen LogP contribution in [0.4, 0.5) is 18.9 Å². The normalized spacial score (nSPS) is 19.3. The highest BCUT2D eigenvalue weighted by Crippen LogP contribution is 2.31. The lowest BCUT2D eigenvalue weighted by molar-refractivity contribution is -0.117. The van der Waals surface area contributed by atoms with E-state index in [9.17, 15) is 22.0 Å². The summed E-state index contributed by atoms with van der Waals surface area (Å²) in [6.07, 6.45) is 2.35. The fourth-order valence-corrected chi connectivity index (χ4v) is 7.25.